The van der Waals surface area contributed by atoms with Crippen LogP contribution in [0.3, 0.4) is 0 Å². The number of hydrazine groups is 1. The summed E-state index contributed by atoms with van der Waals surface area (Å²) in [5, 5.41) is 1.44. The fourth-order valence-electron chi connectivity index (χ4n) is 2.74. The highest BCUT2D eigenvalue weighted by atomic mass is 35.5. The lowest BCUT2D eigenvalue weighted by Crippen LogP contribution is -2.51. The van der Waals surface area contributed by atoms with E-state index < -0.39 is 20.4 Å². The molecule has 2 aromatic rings. The molecule has 0 aromatic heterocycles. The summed E-state index contributed by atoms with van der Waals surface area (Å²) in [5.41, 5.74) is 2.47. The Labute approximate surface area is 208 Å². The zero-order chi connectivity index (χ0) is 24.4. The molecular weight excluding hydrogens is 542 g/mol. The molecule has 0 saturated heterocycles. The smallest absolute Gasteiger partial charge is 0.194 e. The van der Waals surface area contributed by atoms with Gasteiger partial charge in [0.2, 0.25) is 0 Å². The molecule has 0 radical (unpaired) electrons. The van der Waals surface area contributed by atoms with E-state index in [4.69, 9.17) is 46.4 Å². The van der Waals surface area contributed by atoms with E-state index in [1.807, 2.05) is 9.66 Å². The van der Waals surface area contributed by atoms with Crippen LogP contribution in [0.5, 0.6) is 0 Å². The fraction of sp³-hybridized carbons (Fsp3) is 0.333. The van der Waals surface area contributed by atoms with E-state index in [1.54, 1.807) is 26.0 Å². The molecule has 2 aromatic carbocycles. The van der Waals surface area contributed by atoms with Gasteiger partial charge in [-0.25, -0.2) is 0 Å². The highest BCUT2D eigenvalue weighted by Gasteiger charge is 2.25. The van der Waals surface area contributed by atoms with Gasteiger partial charge in [-0.2, -0.15) is 25.4 Å². The number of nitrogens with zero attached hydrogens (tertiary/aromatic N) is 2. The molecule has 2 N–H and O–H groups in total. The van der Waals surface area contributed by atoms with E-state index in [1.165, 1.54) is 26.2 Å². The predicted octanol–water partition coefficient (Wildman–Crippen LogP) is 4.06. The van der Waals surface area contributed by atoms with Gasteiger partial charge in [0, 0.05) is 47.3 Å². The number of nitrogens with one attached hydrogen (secondary N) is 2. The maximum Gasteiger partial charge on any atom is 0.293 e. The normalized spacial score (nSPS) is 12.7. The van der Waals surface area contributed by atoms with Crippen LogP contribution in [0.4, 0.5) is 0 Å². The number of benzene rings is 2. The second kappa shape index (κ2) is 10.7. The number of hydrogen-bond acceptors (Lipinski definition) is 4. The standard InChI is InChI=1S/C18H22Cl4N4O4S2/c1-11-5-13(19)7-17(21)15(11)9-25(3)31(27,28)23-24-32(29,30)26(4)10-16-12(2)6-14(20)8-18(16)22/h5-8,23-24H,9-10H2,1-4H3. The summed E-state index contributed by atoms with van der Waals surface area (Å²) in [4.78, 5) is 3.74. The predicted molar refractivity (Wildman–Crippen MR) is 129 cm³/mol. The van der Waals surface area contributed by atoms with Crippen molar-refractivity contribution in [3.05, 3.63) is 66.6 Å². The Morgan fingerprint density at radius 1 is 0.688 bits per heavy atom. The van der Waals surface area contributed by atoms with Gasteiger partial charge in [-0.15, -0.1) is 9.66 Å². The first-order chi connectivity index (χ1) is 14.6. The maximum absolute atomic E-state index is 12.6. The largest absolute Gasteiger partial charge is 0.293 e. The zero-order valence-electron chi connectivity index (χ0n) is 17.6. The van der Waals surface area contributed by atoms with Crippen molar-refractivity contribution in [2.24, 2.45) is 0 Å². The SMILES string of the molecule is Cc1cc(Cl)cc(Cl)c1CN(C)S(=O)(=O)NNS(=O)(=O)N(C)Cc1c(C)cc(Cl)cc1Cl. The van der Waals surface area contributed by atoms with E-state index in [0.29, 0.717) is 42.3 Å². The molecule has 0 aliphatic rings. The van der Waals surface area contributed by atoms with E-state index >= 15 is 0 Å². The van der Waals surface area contributed by atoms with Crippen molar-refractivity contribution < 1.29 is 16.8 Å². The summed E-state index contributed by atoms with van der Waals surface area (Å²) in [6.07, 6.45) is 0. The third-order valence-electron chi connectivity index (χ3n) is 4.65. The Hall–Kier alpha value is -0.660. The highest BCUT2D eigenvalue weighted by molar-refractivity contribution is 7.90. The van der Waals surface area contributed by atoms with Crippen molar-refractivity contribution in [3.8, 4) is 0 Å². The molecule has 0 saturated carbocycles. The monoisotopic (exact) mass is 562 g/mol. The lowest BCUT2D eigenvalue weighted by atomic mass is 10.1. The summed E-state index contributed by atoms with van der Waals surface area (Å²) < 4.78 is 52.1. The van der Waals surface area contributed by atoms with E-state index in [-0.39, 0.29) is 13.1 Å². The molecule has 0 spiro atoms. The fourth-order valence-corrected chi connectivity index (χ4v) is 5.80. The van der Waals surface area contributed by atoms with Crippen molar-refractivity contribution >= 4 is 66.8 Å². The van der Waals surface area contributed by atoms with Crippen LogP contribution >= 0.6 is 46.4 Å². The van der Waals surface area contributed by atoms with Gasteiger partial charge in [0.25, 0.3) is 20.4 Å². The second-order valence-electron chi connectivity index (χ2n) is 7.09. The highest BCUT2D eigenvalue weighted by Crippen LogP contribution is 2.27. The summed E-state index contributed by atoms with van der Waals surface area (Å²) in [6, 6.07) is 6.30. The number of aryl methyl sites for hydroxylation is 2. The summed E-state index contributed by atoms with van der Waals surface area (Å²) in [7, 11) is -5.91. The van der Waals surface area contributed by atoms with Crippen LogP contribution in [0.2, 0.25) is 20.1 Å². The molecule has 0 unspecified atom stereocenters. The average Bonchev–Trinajstić information content (AvgIpc) is 2.65. The number of halogens is 4. The van der Waals surface area contributed by atoms with Crippen LogP contribution in [-0.4, -0.2) is 39.5 Å². The van der Waals surface area contributed by atoms with Crippen molar-refractivity contribution in [1.82, 2.24) is 18.3 Å². The lowest BCUT2D eigenvalue weighted by Gasteiger charge is -2.23. The topological polar surface area (TPSA) is 98.8 Å². The van der Waals surface area contributed by atoms with Crippen molar-refractivity contribution in [3.63, 3.8) is 0 Å². The quantitative estimate of drug-likeness (QED) is 0.449. The Kier molecular flexibility index (Phi) is 9.25. The molecular formula is C18H22Cl4N4O4S2. The minimum Gasteiger partial charge on any atom is -0.194 e. The van der Waals surface area contributed by atoms with Gasteiger partial charge in [0.05, 0.1) is 0 Å². The molecule has 0 atom stereocenters. The van der Waals surface area contributed by atoms with Crippen molar-refractivity contribution in [1.29, 1.82) is 0 Å². The van der Waals surface area contributed by atoms with E-state index in [9.17, 15) is 16.8 Å². The molecule has 14 heteroatoms. The molecule has 178 valence electrons. The van der Waals surface area contributed by atoms with Crippen LogP contribution in [0.15, 0.2) is 24.3 Å². The molecule has 0 fully saturated rings. The molecule has 0 aliphatic heterocycles. The molecule has 0 heterocycles. The van der Waals surface area contributed by atoms with Gasteiger partial charge < -0.3 is 0 Å². The van der Waals surface area contributed by atoms with Gasteiger partial charge in [-0.05, 0) is 60.4 Å². The van der Waals surface area contributed by atoms with Crippen LogP contribution < -0.4 is 9.66 Å². The van der Waals surface area contributed by atoms with Crippen LogP contribution in [0.25, 0.3) is 0 Å². The number of rotatable bonds is 9. The summed E-state index contributed by atoms with van der Waals surface area (Å²) in [6.45, 7) is 3.27. The zero-order valence-corrected chi connectivity index (χ0v) is 22.2. The Morgan fingerprint density at radius 3 is 1.28 bits per heavy atom. The maximum atomic E-state index is 12.6. The summed E-state index contributed by atoms with van der Waals surface area (Å²) >= 11 is 24.2. The van der Waals surface area contributed by atoms with Crippen LogP contribution in [-0.2, 0) is 33.5 Å². The van der Waals surface area contributed by atoms with Crippen molar-refractivity contribution in [2.45, 2.75) is 26.9 Å². The Morgan fingerprint density at radius 2 is 1.00 bits per heavy atom. The second-order valence-corrected chi connectivity index (χ2v) is 12.3. The lowest BCUT2D eigenvalue weighted by molar-refractivity contribution is 0.433. The molecule has 8 nitrogen and oxygen atoms in total. The van der Waals surface area contributed by atoms with Gasteiger partial charge >= 0.3 is 0 Å². The molecule has 0 aliphatic carbocycles. The Balaban J connectivity index is 2.10. The van der Waals surface area contributed by atoms with Gasteiger partial charge in [0.1, 0.15) is 0 Å². The molecule has 32 heavy (non-hydrogen) atoms. The van der Waals surface area contributed by atoms with E-state index in [2.05, 4.69) is 0 Å². The third-order valence-corrected chi connectivity index (χ3v) is 8.51. The van der Waals surface area contributed by atoms with Gasteiger partial charge in [-0.1, -0.05) is 46.4 Å². The van der Waals surface area contributed by atoms with Crippen LogP contribution in [0, 0.1) is 13.8 Å². The molecule has 2 rings (SSSR count). The van der Waals surface area contributed by atoms with E-state index in [0.717, 1.165) is 8.61 Å². The minimum absolute atomic E-state index is 0.103. The number of hydrogen-bond donors (Lipinski definition) is 2. The molecule has 0 bridgehead atoms. The van der Waals surface area contributed by atoms with Crippen LogP contribution in [0.1, 0.15) is 22.3 Å². The first kappa shape index (κ1) is 27.6. The van der Waals surface area contributed by atoms with Crippen molar-refractivity contribution in [2.75, 3.05) is 14.1 Å². The molecule has 0 amide bonds. The Bertz CT molecular complexity index is 1080. The van der Waals surface area contributed by atoms with Gasteiger partial charge in [-0.3, -0.25) is 0 Å². The summed E-state index contributed by atoms with van der Waals surface area (Å²) in [5.74, 6) is 0. The third kappa shape index (κ3) is 6.92. The average molecular weight is 564 g/mol. The minimum atomic E-state index is -4.23. The first-order valence-electron chi connectivity index (χ1n) is 8.99. The first-order valence-corrected chi connectivity index (χ1v) is 13.4. The van der Waals surface area contributed by atoms with Gasteiger partial charge in [0.15, 0.2) is 0 Å².